The van der Waals surface area contributed by atoms with Gasteiger partial charge in [0.1, 0.15) is 6.10 Å². The van der Waals surface area contributed by atoms with E-state index in [2.05, 4.69) is 49.8 Å². The maximum absolute atomic E-state index is 14.1. The van der Waals surface area contributed by atoms with E-state index in [4.69, 9.17) is 16.3 Å². The van der Waals surface area contributed by atoms with Crippen LogP contribution in [-0.2, 0) is 9.47 Å². The van der Waals surface area contributed by atoms with Gasteiger partial charge in [-0.15, -0.1) is 0 Å². The molecule has 1 saturated carbocycles. The van der Waals surface area contributed by atoms with Gasteiger partial charge in [-0.05, 0) is 62.2 Å². The van der Waals surface area contributed by atoms with Crippen LogP contribution in [0, 0.1) is 0 Å². The van der Waals surface area contributed by atoms with Gasteiger partial charge in [0.25, 0.3) is 5.91 Å². The number of rotatable bonds is 11. The predicted molar refractivity (Wildman–Crippen MR) is 155 cm³/mol. The molecule has 1 unspecified atom stereocenters. The average molecular weight is 642 g/mol. The molecule has 7 nitrogen and oxygen atoms in total. The van der Waals surface area contributed by atoms with Crippen LogP contribution in [0.2, 0.25) is 5.02 Å². The first kappa shape index (κ1) is 29.7. The Morgan fingerprint density at radius 2 is 1.78 bits per heavy atom. The maximum atomic E-state index is 14.1. The highest BCUT2D eigenvalue weighted by Gasteiger charge is 2.41. The molecule has 2 N–H and O–H groups in total. The van der Waals surface area contributed by atoms with Gasteiger partial charge >= 0.3 is 6.09 Å². The van der Waals surface area contributed by atoms with Gasteiger partial charge in [0, 0.05) is 29.7 Å². The Morgan fingerprint density at radius 3 is 2.43 bits per heavy atom. The topological polar surface area (TPSA) is 79.9 Å². The number of nitrogens with one attached hydrogen (secondary N) is 2. The molecule has 2 atom stereocenters. The van der Waals surface area contributed by atoms with E-state index in [9.17, 15) is 9.59 Å². The number of carbonyl (C=O) groups is 2. The fourth-order valence-electron chi connectivity index (χ4n) is 4.93. The molecule has 0 aromatic heterocycles. The molecule has 0 aliphatic heterocycles. The zero-order valence-electron chi connectivity index (χ0n) is 21.8. The first-order valence-electron chi connectivity index (χ1n) is 12.7. The fraction of sp³-hybridized carbons (Fsp3) is 0.500. The molecule has 1 aliphatic carbocycles. The molecule has 2 amide bonds. The summed E-state index contributed by atoms with van der Waals surface area (Å²) in [6, 6.07) is 15.2. The summed E-state index contributed by atoms with van der Waals surface area (Å²) in [5.41, 5.74) is 2.34. The van der Waals surface area contributed by atoms with Crippen molar-refractivity contribution in [1.82, 2.24) is 15.5 Å². The van der Waals surface area contributed by atoms with E-state index < -0.39 is 12.2 Å². The molecule has 0 saturated heterocycles. The summed E-state index contributed by atoms with van der Waals surface area (Å²) in [4.78, 5) is 27.6. The molecule has 2 aromatic rings. The normalized spacial score (nSPS) is 16.5. The highest BCUT2D eigenvalue weighted by atomic mass is 127. The zero-order chi connectivity index (χ0) is 26.8. The van der Waals surface area contributed by atoms with Gasteiger partial charge in [-0.2, -0.15) is 0 Å². The molecule has 9 heteroatoms. The van der Waals surface area contributed by atoms with Crippen LogP contribution < -0.4 is 10.6 Å². The second-order valence-corrected chi connectivity index (χ2v) is 11.9. The van der Waals surface area contributed by atoms with Crippen molar-refractivity contribution < 1.29 is 19.1 Å². The van der Waals surface area contributed by atoms with Crippen LogP contribution >= 0.6 is 34.2 Å². The number of amides is 2. The maximum Gasteiger partial charge on any atom is 0.406 e. The minimum Gasteiger partial charge on any atom is -0.453 e. The Labute approximate surface area is 238 Å². The number of ether oxygens (including phenoxy) is 2. The van der Waals surface area contributed by atoms with E-state index in [1.807, 2.05) is 55.6 Å². The van der Waals surface area contributed by atoms with E-state index in [0.717, 1.165) is 43.4 Å². The van der Waals surface area contributed by atoms with Crippen LogP contribution in [0.15, 0.2) is 48.5 Å². The van der Waals surface area contributed by atoms with Crippen molar-refractivity contribution in [1.29, 1.82) is 0 Å². The van der Waals surface area contributed by atoms with E-state index >= 15 is 0 Å². The Balaban J connectivity index is 1.91. The molecule has 202 valence electrons. The van der Waals surface area contributed by atoms with Crippen molar-refractivity contribution in [2.24, 2.45) is 0 Å². The number of nitrogens with zero attached hydrogens (tertiary/aromatic N) is 1. The highest BCUT2D eigenvalue weighted by Crippen LogP contribution is 2.41. The Kier molecular flexibility index (Phi) is 11.5. The molecule has 0 spiro atoms. The van der Waals surface area contributed by atoms with Gasteiger partial charge in [-0.3, -0.25) is 4.79 Å². The summed E-state index contributed by atoms with van der Waals surface area (Å²) < 4.78 is 10.6. The lowest BCUT2D eigenvalue weighted by molar-refractivity contribution is 0.0500. The monoisotopic (exact) mass is 641 g/mol. The number of methoxy groups -OCH3 is 1. The largest absolute Gasteiger partial charge is 0.453 e. The van der Waals surface area contributed by atoms with Gasteiger partial charge in [-0.1, -0.05) is 77.7 Å². The number of carbonyl (C=O) groups excluding carboxylic acids is 2. The summed E-state index contributed by atoms with van der Waals surface area (Å²) in [5, 5.41) is 6.47. The predicted octanol–water partition coefficient (Wildman–Crippen LogP) is 5.95. The van der Waals surface area contributed by atoms with Crippen molar-refractivity contribution in [3.05, 3.63) is 70.2 Å². The van der Waals surface area contributed by atoms with Gasteiger partial charge < -0.3 is 25.0 Å². The van der Waals surface area contributed by atoms with Crippen LogP contribution in [-0.4, -0.2) is 60.3 Å². The Bertz CT molecular complexity index is 1050. The Morgan fingerprint density at radius 1 is 1.11 bits per heavy atom. The highest BCUT2D eigenvalue weighted by molar-refractivity contribution is 14.1. The lowest BCUT2D eigenvalue weighted by atomic mass is 9.92. The third kappa shape index (κ3) is 8.05. The number of likely N-dealkylation sites (N-methyl/N-ethyl adjacent to an activating group) is 1. The van der Waals surface area contributed by atoms with E-state index in [-0.39, 0.29) is 28.6 Å². The molecule has 3 rings (SSSR count). The third-order valence-electron chi connectivity index (χ3n) is 6.64. The molecular weight excluding hydrogens is 605 g/mol. The number of halogens is 2. The van der Waals surface area contributed by atoms with E-state index in [0.29, 0.717) is 10.6 Å². The van der Waals surface area contributed by atoms with Crippen LogP contribution in [0.4, 0.5) is 4.79 Å². The van der Waals surface area contributed by atoms with Gasteiger partial charge in [0.2, 0.25) is 0 Å². The molecule has 0 heterocycles. The van der Waals surface area contributed by atoms with Crippen LogP contribution in [0.1, 0.15) is 66.6 Å². The number of hydrogen-bond acceptors (Lipinski definition) is 5. The van der Waals surface area contributed by atoms with Crippen LogP contribution in [0.25, 0.3) is 0 Å². The lowest BCUT2D eigenvalue weighted by Crippen LogP contribution is -2.55. The number of hydrogen-bond donors (Lipinski definition) is 2. The van der Waals surface area contributed by atoms with Crippen molar-refractivity contribution in [2.75, 3.05) is 33.9 Å². The smallest absolute Gasteiger partial charge is 0.406 e. The fourth-order valence-corrected chi connectivity index (χ4v) is 6.58. The third-order valence-corrected chi connectivity index (χ3v) is 8.47. The van der Waals surface area contributed by atoms with Crippen molar-refractivity contribution in [3.63, 3.8) is 0 Å². The quantitative estimate of drug-likeness (QED) is 0.137. The van der Waals surface area contributed by atoms with Gasteiger partial charge in [0.15, 0.2) is 0 Å². The first-order chi connectivity index (χ1) is 17.8. The van der Waals surface area contributed by atoms with Gasteiger partial charge in [-0.25, -0.2) is 4.79 Å². The average Bonchev–Trinajstić information content (AvgIpc) is 2.89. The standard InChI is InChI=1S/C28H37ClIN3O4/c1-20(19-31-2)33(28(30)13-5-4-6-14-28)26(34)23-11-7-9-21(17-23)25(22-10-8-12-24(29)18-22)37-16-15-32-27(35)36-3/h7-12,17-18,20,25,31H,4-6,13-16,19H2,1-3H3,(H,32,35)/t20?,25-/m1/s1. The summed E-state index contributed by atoms with van der Waals surface area (Å²) in [6.45, 7) is 3.37. The number of alkyl halides is 1. The van der Waals surface area contributed by atoms with E-state index in [1.165, 1.54) is 13.5 Å². The SMILES string of the molecule is CNCC(C)N(C(=O)c1cccc([C@@H](OCCNC(=O)OC)c2cccc(Cl)c2)c1)C1(I)CCCCC1. The van der Waals surface area contributed by atoms with Crippen molar-refractivity contribution in [2.45, 2.75) is 54.7 Å². The molecule has 1 aliphatic rings. The Hall–Kier alpha value is -1.88. The lowest BCUT2D eigenvalue weighted by Gasteiger charge is -2.45. The summed E-state index contributed by atoms with van der Waals surface area (Å²) in [7, 11) is 3.24. The first-order valence-corrected chi connectivity index (χ1v) is 14.2. The zero-order valence-corrected chi connectivity index (χ0v) is 24.7. The summed E-state index contributed by atoms with van der Waals surface area (Å²) in [6.07, 6.45) is 4.49. The summed E-state index contributed by atoms with van der Waals surface area (Å²) in [5.74, 6) is 0.0260. The molecule has 0 bridgehead atoms. The second kappa shape index (κ2) is 14.3. The second-order valence-electron chi connectivity index (χ2n) is 9.41. The number of alkyl carbamates (subject to hydrolysis) is 1. The van der Waals surface area contributed by atoms with Gasteiger partial charge in [0.05, 0.1) is 17.3 Å². The van der Waals surface area contributed by atoms with E-state index in [1.54, 1.807) is 0 Å². The molecule has 2 aromatic carbocycles. The number of benzene rings is 2. The minimum atomic E-state index is -0.512. The minimum absolute atomic E-state index is 0.0260. The molecule has 37 heavy (non-hydrogen) atoms. The van der Waals surface area contributed by atoms with Crippen LogP contribution in [0.3, 0.4) is 0 Å². The van der Waals surface area contributed by atoms with Crippen molar-refractivity contribution >= 4 is 46.2 Å². The molecule has 0 radical (unpaired) electrons. The molecular formula is C28H37ClIN3O4. The van der Waals surface area contributed by atoms with Crippen molar-refractivity contribution in [3.8, 4) is 0 Å². The molecule has 1 fully saturated rings. The van der Waals surface area contributed by atoms with Crippen LogP contribution in [0.5, 0.6) is 0 Å². The summed E-state index contributed by atoms with van der Waals surface area (Å²) >= 11 is 8.80.